The second-order valence-electron chi connectivity index (χ2n) is 7.83. The van der Waals surface area contributed by atoms with E-state index in [-0.39, 0.29) is 36.0 Å². The van der Waals surface area contributed by atoms with Crippen molar-refractivity contribution in [1.29, 1.82) is 0 Å². The average molecular weight is 468 g/mol. The maximum atomic E-state index is 14.1. The highest BCUT2D eigenvalue weighted by atomic mass is 35.5. The summed E-state index contributed by atoms with van der Waals surface area (Å²) in [6, 6.07) is 1.41. The lowest BCUT2D eigenvalue weighted by Crippen LogP contribution is -2.57. The second-order valence-corrected chi connectivity index (χ2v) is 8.21. The number of nitrogens with one attached hydrogen (secondary N) is 1. The first kappa shape index (κ1) is 22.2. The van der Waals surface area contributed by atoms with Crippen LogP contribution in [0.5, 0.6) is 5.75 Å². The van der Waals surface area contributed by atoms with Crippen molar-refractivity contribution >= 4 is 23.4 Å². The number of ether oxygens (including phenoxy) is 1. The number of amides is 2. The molecular formula is C21H20ClF2N3O5. The molecule has 1 fully saturated rings. The van der Waals surface area contributed by atoms with E-state index < -0.39 is 45.2 Å². The molecule has 2 aromatic rings. The van der Waals surface area contributed by atoms with Gasteiger partial charge in [-0.15, -0.1) is 0 Å². The van der Waals surface area contributed by atoms with Crippen LogP contribution >= 0.6 is 11.6 Å². The summed E-state index contributed by atoms with van der Waals surface area (Å²) in [5.74, 6) is -4.24. The van der Waals surface area contributed by atoms with E-state index in [2.05, 4.69) is 5.32 Å². The molecule has 1 aromatic heterocycles. The summed E-state index contributed by atoms with van der Waals surface area (Å²) in [5.41, 5.74) is -1.70. The van der Waals surface area contributed by atoms with Gasteiger partial charge < -0.3 is 24.6 Å². The number of carbonyl (C=O) groups excluding carboxylic acids is 2. The lowest BCUT2D eigenvalue weighted by molar-refractivity contribution is -0.0598. The Morgan fingerprint density at radius 2 is 2.06 bits per heavy atom. The number of fused-ring (bicyclic) bond motifs is 3. The Kier molecular flexibility index (Phi) is 5.68. The van der Waals surface area contributed by atoms with Gasteiger partial charge >= 0.3 is 0 Å². The molecule has 2 N–H and O–H groups in total. The van der Waals surface area contributed by atoms with Crippen LogP contribution in [0.25, 0.3) is 0 Å². The van der Waals surface area contributed by atoms with E-state index in [1.54, 1.807) is 7.05 Å². The van der Waals surface area contributed by atoms with Crippen LogP contribution in [0, 0.1) is 11.6 Å². The Balaban J connectivity index is 1.69. The molecule has 2 aliphatic heterocycles. The van der Waals surface area contributed by atoms with Crippen molar-refractivity contribution in [3.05, 3.63) is 62.0 Å². The molecule has 0 bridgehead atoms. The maximum Gasteiger partial charge on any atom is 0.274 e. The van der Waals surface area contributed by atoms with Gasteiger partial charge in [0.2, 0.25) is 5.43 Å². The minimum absolute atomic E-state index is 0.0813. The van der Waals surface area contributed by atoms with Crippen molar-refractivity contribution in [2.75, 3.05) is 13.7 Å². The molecule has 0 radical (unpaired) electrons. The third-order valence-corrected chi connectivity index (χ3v) is 6.35. The predicted octanol–water partition coefficient (Wildman–Crippen LogP) is 2.22. The van der Waals surface area contributed by atoms with Crippen LogP contribution in [0.3, 0.4) is 0 Å². The molecule has 2 amide bonds. The fourth-order valence-electron chi connectivity index (χ4n) is 4.36. The van der Waals surface area contributed by atoms with E-state index in [4.69, 9.17) is 16.3 Å². The van der Waals surface area contributed by atoms with Gasteiger partial charge in [-0.25, -0.2) is 8.78 Å². The predicted molar refractivity (Wildman–Crippen MR) is 110 cm³/mol. The smallest absolute Gasteiger partial charge is 0.274 e. The minimum atomic E-state index is -1.02. The summed E-state index contributed by atoms with van der Waals surface area (Å²) in [6.07, 6.45) is 1.45. The standard InChI is InChI=1S/C21H20ClF2N3O5/c1-9-16-13(5-6-32-9)27-8-11(18(28)19(29)17(27)21(31)26(16)2)20(30)25-7-10-3-4-12(23)14(22)15(10)24/h3-4,8-9,13,16,29H,5-7H2,1-2H3,(H,25,30). The monoisotopic (exact) mass is 467 g/mol. The molecule has 3 heterocycles. The number of aromatic nitrogens is 1. The van der Waals surface area contributed by atoms with Gasteiger partial charge in [0.1, 0.15) is 22.2 Å². The van der Waals surface area contributed by atoms with E-state index in [0.29, 0.717) is 13.0 Å². The van der Waals surface area contributed by atoms with Crippen molar-refractivity contribution in [3.8, 4) is 5.75 Å². The molecule has 1 saturated heterocycles. The lowest BCUT2D eigenvalue weighted by Gasteiger charge is -2.47. The molecule has 32 heavy (non-hydrogen) atoms. The number of carbonyl (C=O) groups is 2. The van der Waals surface area contributed by atoms with Gasteiger partial charge in [0, 0.05) is 32.0 Å². The van der Waals surface area contributed by atoms with Crippen LogP contribution < -0.4 is 10.7 Å². The Labute approximate surface area is 186 Å². The number of likely N-dealkylation sites (N-methyl/N-ethyl adjacent to an activating group) is 1. The van der Waals surface area contributed by atoms with E-state index >= 15 is 0 Å². The molecular weight excluding hydrogens is 448 g/mol. The first-order valence-electron chi connectivity index (χ1n) is 9.91. The summed E-state index contributed by atoms with van der Waals surface area (Å²) < 4.78 is 34.5. The first-order chi connectivity index (χ1) is 15.1. The average Bonchev–Trinajstić information content (AvgIpc) is 2.76. The van der Waals surface area contributed by atoms with E-state index in [0.717, 1.165) is 12.1 Å². The van der Waals surface area contributed by atoms with Crippen LogP contribution in [-0.2, 0) is 11.3 Å². The molecule has 0 saturated carbocycles. The molecule has 11 heteroatoms. The Morgan fingerprint density at radius 1 is 1.34 bits per heavy atom. The van der Waals surface area contributed by atoms with Crippen molar-refractivity contribution in [1.82, 2.24) is 14.8 Å². The molecule has 3 unspecified atom stereocenters. The van der Waals surface area contributed by atoms with Gasteiger partial charge in [-0.1, -0.05) is 17.7 Å². The highest BCUT2D eigenvalue weighted by Crippen LogP contribution is 2.36. The Bertz CT molecular complexity index is 1190. The highest BCUT2D eigenvalue weighted by molar-refractivity contribution is 6.30. The van der Waals surface area contributed by atoms with Gasteiger partial charge in [-0.3, -0.25) is 14.4 Å². The van der Waals surface area contributed by atoms with Crippen LogP contribution in [0.4, 0.5) is 8.78 Å². The summed E-state index contributed by atoms with van der Waals surface area (Å²) in [5, 5.41) is 12.2. The molecule has 3 atom stereocenters. The van der Waals surface area contributed by atoms with Crippen molar-refractivity contribution < 1.29 is 28.2 Å². The molecule has 2 aliphatic rings. The zero-order valence-electron chi connectivity index (χ0n) is 17.2. The first-order valence-corrected chi connectivity index (χ1v) is 10.3. The van der Waals surface area contributed by atoms with Gasteiger partial charge in [-0.05, 0) is 19.4 Å². The number of pyridine rings is 1. The van der Waals surface area contributed by atoms with Gasteiger partial charge in [0.25, 0.3) is 11.8 Å². The normalized spacial score (nSPS) is 22.3. The Morgan fingerprint density at radius 3 is 2.78 bits per heavy atom. The van der Waals surface area contributed by atoms with Crippen LogP contribution in [0.15, 0.2) is 23.1 Å². The topological polar surface area (TPSA) is 101 Å². The quantitative estimate of drug-likeness (QED) is 0.674. The van der Waals surface area contributed by atoms with Gasteiger partial charge in [0.05, 0.1) is 18.2 Å². The summed E-state index contributed by atoms with van der Waals surface area (Å²) in [7, 11) is 1.57. The molecule has 1 aromatic carbocycles. The number of rotatable bonds is 3. The minimum Gasteiger partial charge on any atom is -0.503 e. The molecule has 4 rings (SSSR count). The zero-order valence-corrected chi connectivity index (χ0v) is 17.9. The third kappa shape index (κ3) is 3.43. The van der Waals surface area contributed by atoms with Gasteiger partial charge in [-0.2, -0.15) is 0 Å². The number of halogens is 3. The summed E-state index contributed by atoms with van der Waals surface area (Å²) in [4.78, 5) is 39.7. The molecule has 170 valence electrons. The number of hydrogen-bond donors (Lipinski definition) is 2. The third-order valence-electron chi connectivity index (χ3n) is 6.01. The number of aromatic hydroxyl groups is 1. The van der Waals surface area contributed by atoms with Crippen LogP contribution in [0.2, 0.25) is 5.02 Å². The zero-order chi connectivity index (χ0) is 23.3. The lowest BCUT2D eigenvalue weighted by atomic mass is 9.92. The molecule has 8 nitrogen and oxygen atoms in total. The number of benzene rings is 1. The number of nitrogens with zero attached hydrogens (tertiary/aromatic N) is 2. The van der Waals surface area contributed by atoms with Crippen molar-refractivity contribution in [2.45, 2.75) is 38.1 Å². The van der Waals surface area contributed by atoms with E-state index in [1.165, 1.54) is 15.7 Å². The molecule has 0 aliphatic carbocycles. The van der Waals surface area contributed by atoms with Crippen molar-refractivity contribution in [3.63, 3.8) is 0 Å². The van der Waals surface area contributed by atoms with E-state index in [1.807, 2.05) is 6.92 Å². The fraction of sp³-hybridized carbons (Fsp3) is 0.381. The number of hydrogen-bond acceptors (Lipinski definition) is 5. The maximum absolute atomic E-state index is 14.1. The van der Waals surface area contributed by atoms with E-state index in [9.17, 15) is 28.3 Å². The Hall–Kier alpha value is -2.98. The molecule has 0 spiro atoms. The van der Waals surface area contributed by atoms with Crippen LogP contribution in [-0.4, -0.2) is 52.2 Å². The SMILES string of the molecule is CC1OCCC2C1N(C)C(=O)c1c(O)c(=O)c(C(=O)NCc3ccc(F)c(Cl)c3F)cn12. The van der Waals surface area contributed by atoms with Crippen LogP contribution in [0.1, 0.15) is 45.8 Å². The van der Waals surface area contributed by atoms with Crippen molar-refractivity contribution in [2.24, 2.45) is 0 Å². The second kappa shape index (κ2) is 8.18. The summed E-state index contributed by atoms with van der Waals surface area (Å²) >= 11 is 5.55. The fourth-order valence-corrected chi connectivity index (χ4v) is 4.55. The summed E-state index contributed by atoms with van der Waals surface area (Å²) in [6.45, 7) is 1.86. The highest BCUT2D eigenvalue weighted by Gasteiger charge is 2.45. The van der Waals surface area contributed by atoms with Gasteiger partial charge in [0.15, 0.2) is 11.4 Å². The largest absolute Gasteiger partial charge is 0.503 e.